The first-order valence-corrected chi connectivity index (χ1v) is 8.74. The van der Waals surface area contributed by atoms with Gasteiger partial charge in [-0.1, -0.05) is 18.2 Å². The molecule has 128 valence electrons. The highest BCUT2D eigenvalue weighted by Gasteiger charge is 2.20. The van der Waals surface area contributed by atoms with Gasteiger partial charge < -0.3 is 10.2 Å². The Balaban J connectivity index is 1.35. The second-order valence-corrected chi connectivity index (χ2v) is 6.30. The number of nitrogens with zero attached hydrogens (tertiary/aromatic N) is 5. The van der Waals surface area contributed by atoms with Crippen LogP contribution in [0.2, 0.25) is 0 Å². The molecule has 1 saturated heterocycles. The molecule has 3 heterocycles. The SMILES string of the molecule is c1cnnc(N2CCC(NCc3ccccc3-n3cccn3)CC2)c1. The third kappa shape index (κ3) is 3.69. The van der Waals surface area contributed by atoms with E-state index in [2.05, 4.69) is 49.8 Å². The van der Waals surface area contributed by atoms with Gasteiger partial charge in [0.15, 0.2) is 5.82 Å². The first-order chi connectivity index (χ1) is 12.4. The topological polar surface area (TPSA) is 58.9 Å². The van der Waals surface area contributed by atoms with Gasteiger partial charge in [0.05, 0.1) is 5.69 Å². The average Bonchev–Trinajstić information content (AvgIpc) is 3.22. The minimum atomic E-state index is 0.526. The van der Waals surface area contributed by atoms with Crippen LogP contribution in [-0.4, -0.2) is 39.1 Å². The lowest BCUT2D eigenvalue weighted by atomic mass is 10.0. The number of rotatable bonds is 5. The summed E-state index contributed by atoms with van der Waals surface area (Å²) in [5.41, 5.74) is 2.40. The fourth-order valence-electron chi connectivity index (χ4n) is 3.32. The molecule has 0 saturated carbocycles. The molecule has 2 aromatic heterocycles. The molecule has 3 aromatic rings. The summed E-state index contributed by atoms with van der Waals surface area (Å²) < 4.78 is 1.92. The predicted octanol–water partition coefficient (Wildman–Crippen LogP) is 2.42. The molecule has 0 unspecified atom stereocenters. The Bertz CT molecular complexity index is 779. The second kappa shape index (κ2) is 7.44. The lowest BCUT2D eigenvalue weighted by molar-refractivity contribution is 0.412. The number of nitrogens with one attached hydrogen (secondary N) is 1. The molecule has 1 aliphatic rings. The van der Waals surface area contributed by atoms with E-state index in [-0.39, 0.29) is 0 Å². The third-order valence-electron chi connectivity index (χ3n) is 4.70. The van der Waals surface area contributed by atoms with Gasteiger partial charge in [0.1, 0.15) is 0 Å². The maximum Gasteiger partial charge on any atom is 0.151 e. The number of piperidine rings is 1. The van der Waals surface area contributed by atoms with Crippen LogP contribution in [0, 0.1) is 0 Å². The van der Waals surface area contributed by atoms with Crippen LogP contribution >= 0.6 is 0 Å². The van der Waals surface area contributed by atoms with Crippen LogP contribution in [0.1, 0.15) is 18.4 Å². The smallest absolute Gasteiger partial charge is 0.151 e. The Morgan fingerprint density at radius 1 is 1.00 bits per heavy atom. The van der Waals surface area contributed by atoms with Crippen LogP contribution in [0.4, 0.5) is 5.82 Å². The van der Waals surface area contributed by atoms with E-state index in [1.165, 1.54) is 5.56 Å². The lowest BCUT2D eigenvalue weighted by Crippen LogP contribution is -2.42. The van der Waals surface area contributed by atoms with E-state index in [4.69, 9.17) is 0 Å². The predicted molar refractivity (Wildman–Crippen MR) is 97.7 cm³/mol. The number of para-hydroxylation sites is 1. The highest BCUT2D eigenvalue weighted by Crippen LogP contribution is 2.18. The normalized spacial score (nSPS) is 15.4. The molecule has 6 heteroatoms. The molecule has 0 bridgehead atoms. The standard InChI is InChI=1S/C19H22N6/c1-2-6-18(25-12-4-11-22-25)16(5-1)15-20-17-8-13-24(14-9-17)19-7-3-10-21-23-19/h1-7,10-12,17,20H,8-9,13-15H2. The molecule has 0 amide bonds. The molecule has 0 spiro atoms. The molecule has 0 aliphatic carbocycles. The molecule has 1 fully saturated rings. The number of hydrogen-bond donors (Lipinski definition) is 1. The summed E-state index contributed by atoms with van der Waals surface area (Å²) in [5, 5.41) is 16.2. The first kappa shape index (κ1) is 15.8. The van der Waals surface area contributed by atoms with Crippen molar-refractivity contribution in [2.24, 2.45) is 0 Å². The minimum absolute atomic E-state index is 0.526. The summed E-state index contributed by atoms with van der Waals surface area (Å²) in [5.74, 6) is 0.977. The maximum atomic E-state index is 4.35. The molecule has 25 heavy (non-hydrogen) atoms. The summed E-state index contributed by atoms with van der Waals surface area (Å²) in [7, 11) is 0. The Morgan fingerprint density at radius 3 is 2.64 bits per heavy atom. The highest BCUT2D eigenvalue weighted by atomic mass is 15.3. The first-order valence-electron chi connectivity index (χ1n) is 8.74. The fourth-order valence-corrected chi connectivity index (χ4v) is 3.32. The van der Waals surface area contributed by atoms with Crippen molar-refractivity contribution in [2.45, 2.75) is 25.4 Å². The third-order valence-corrected chi connectivity index (χ3v) is 4.70. The van der Waals surface area contributed by atoms with E-state index < -0.39 is 0 Å². The van der Waals surface area contributed by atoms with Crippen LogP contribution in [0.25, 0.3) is 5.69 Å². The van der Waals surface area contributed by atoms with Crippen LogP contribution in [0.15, 0.2) is 61.1 Å². The van der Waals surface area contributed by atoms with E-state index >= 15 is 0 Å². The van der Waals surface area contributed by atoms with E-state index in [1.54, 1.807) is 6.20 Å². The summed E-state index contributed by atoms with van der Waals surface area (Å²) in [4.78, 5) is 2.31. The molecule has 0 radical (unpaired) electrons. The van der Waals surface area contributed by atoms with Crippen molar-refractivity contribution in [1.29, 1.82) is 0 Å². The Hall–Kier alpha value is -2.73. The van der Waals surface area contributed by atoms with Gasteiger partial charge in [-0.3, -0.25) is 0 Å². The average molecular weight is 334 g/mol. The van der Waals surface area contributed by atoms with Gasteiger partial charge in [0.2, 0.25) is 0 Å². The van der Waals surface area contributed by atoms with E-state index in [0.717, 1.165) is 44.0 Å². The zero-order chi connectivity index (χ0) is 16.9. The molecule has 1 aliphatic heterocycles. The molecule has 1 aromatic carbocycles. The summed E-state index contributed by atoms with van der Waals surface area (Å²) in [6, 6.07) is 14.9. The summed E-state index contributed by atoms with van der Waals surface area (Å²) in [6.45, 7) is 2.88. The molecule has 0 atom stereocenters. The molecular formula is C19H22N6. The lowest BCUT2D eigenvalue weighted by Gasteiger charge is -2.33. The van der Waals surface area contributed by atoms with Crippen molar-refractivity contribution in [2.75, 3.05) is 18.0 Å². The van der Waals surface area contributed by atoms with E-state index in [1.807, 2.05) is 35.3 Å². The van der Waals surface area contributed by atoms with Gasteiger partial charge in [-0.2, -0.15) is 10.2 Å². The number of aromatic nitrogens is 4. The van der Waals surface area contributed by atoms with Gasteiger partial charge in [-0.25, -0.2) is 4.68 Å². The molecule has 1 N–H and O–H groups in total. The van der Waals surface area contributed by atoms with Gasteiger partial charge in [-0.15, -0.1) is 5.10 Å². The second-order valence-electron chi connectivity index (χ2n) is 6.30. The summed E-state index contributed by atoms with van der Waals surface area (Å²) >= 11 is 0. The number of hydrogen-bond acceptors (Lipinski definition) is 5. The van der Waals surface area contributed by atoms with Crippen LogP contribution in [-0.2, 0) is 6.54 Å². The van der Waals surface area contributed by atoms with Gasteiger partial charge in [0.25, 0.3) is 0 Å². The Morgan fingerprint density at radius 2 is 1.88 bits per heavy atom. The van der Waals surface area contributed by atoms with Gasteiger partial charge in [0, 0.05) is 44.3 Å². The Kier molecular flexibility index (Phi) is 4.70. The molecular weight excluding hydrogens is 312 g/mol. The number of benzene rings is 1. The quantitative estimate of drug-likeness (QED) is 0.776. The van der Waals surface area contributed by atoms with Gasteiger partial charge in [-0.05, 0) is 42.7 Å². The van der Waals surface area contributed by atoms with Crippen molar-refractivity contribution < 1.29 is 0 Å². The largest absolute Gasteiger partial charge is 0.355 e. The van der Waals surface area contributed by atoms with Crippen molar-refractivity contribution >= 4 is 5.82 Å². The fraction of sp³-hybridized carbons (Fsp3) is 0.316. The zero-order valence-corrected chi connectivity index (χ0v) is 14.1. The van der Waals surface area contributed by atoms with E-state index in [9.17, 15) is 0 Å². The van der Waals surface area contributed by atoms with Crippen molar-refractivity contribution in [3.8, 4) is 5.69 Å². The van der Waals surface area contributed by atoms with E-state index in [0.29, 0.717) is 6.04 Å². The van der Waals surface area contributed by atoms with Crippen LogP contribution in [0.3, 0.4) is 0 Å². The number of anilines is 1. The van der Waals surface area contributed by atoms with Crippen molar-refractivity contribution in [1.82, 2.24) is 25.3 Å². The highest BCUT2D eigenvalue weighted by molar-refractivity contribution is 5.40. The van der Waals surface area contributed by atoms with Crippen LogP contribution in [0.5, 0.6) is 0 Å². The van der Waals surface area contributed by atoms with Crippen LogP contribution < -0.4 is 10.2 Å². The zero-order valence-electron chi connectivity index (χ0n) is 14.1. The van der Waals surface area contributed by atoms with Crippen molar-refractivity contribution in [3.63, 3.8) is 0 Å². The van der Waals surface area contributed by atoms with Gasteiger partial charge >= 0.3 is 0 Å². The Labute approximate surface area is 147 Å². The maximum absolute atomic E-state index is 4.35. The minimum Gasteiger partial charge on any atom is -0.355 e. The molecule has 4 rings (SSSR count). The summed E-state index contributed by atoms with van der Waals surface area (Å²) in [6.07, 6.45) is 7.74. The van der Waals surface area contributed by atoms with Crippen molar-refractivity contribution in [3.05, 3.63) is 66.6 Å². The monoisotopic (exact) mass is 334 g/mol. The molecule has 6 nitrogen and oxygen atoms in total.